The Hall–Kier alpha value is -1.72. The number of hydrogen-bond donors (Lipinski definition) is 0. The van der Waals surface area contributed by atoms with E-state index in [1.165, 1.54) is 0 Å². The molecule has 0 aromatic heterocycles. The maximum atomic E-state index is 6.30. The van der Waals surface area contributed by atoms with E-state index in [0.29, 0.717) is 6.61 Å². The molecule has 3 heterocycles. The monoisotopic (exact) mass is 400 g/mol. The van der Waals surface area contributed by atoms with E-state index in [1.54, 1.807) is 6.08 Å². The number of rotatable bonds is 4. The van der Waals surface area contributed by atoms with Gasteiger partial charge in [-0.25, -0.2) is 0 Å². The molecule has 1 aromatic carbocycles. The first kappa shape index (κ1) is 20.5. The van der Waals surface area contributed by atoms with Crippen LogP contribution in [0.4, 0.5) is 0 Å². The van der Waals surface area contributed by atoms with E-state index in [1.807, 2.05) is 58.0 Å². The summed E-state index contributed by atoms with van der Waals surface area (Å²) < 4.78 is 36.7. The molecule has 6 heteroatoms. The first-order chi connectivity index (χ1) is 13.7. The molecule has 5 atom stereocenters. The summed E-state index contributed by atoms with van der Waals surface area (Å²) in [6.45, 7) is 11.9. The van der Waals surface area contributed by atoms with Crippen LogP contribution < -0.4 is 0 Å². The van der Waals surface area contributed by atoms with Crippen LogP contribution in [-0.4, -0.2) is 55.0 Å². The normalized spacial score (nSPS) is 37.0. The smallest absolute Gasteiger partial charge is 0.191 e. The molecule has 3 saturated heterocycles. The highest BCUT2D eigenvalue weighted by molar-refractivity contribution is 5.39. The van der Waals surface area contributed by atoms with Crippen LogP contribution >= 0.6 is 0 Å². The second kappa shape index (κ2) is 7.51. The van der Waals surface area contributed by atoms with E-state index < -0.39 is 35.7 Å². The van der Waals surface area contributed by atoms with Crippen LogP contribution in [0.3, 0.4) is 0 Å². The molecule has 156 valence electrons. The van der Waals surface area contributed by atoms with Gasteiger partial charge >= 0.3 is 0 Å². The zero-order valence-electron chi connectivity index (χ0n) is 17.3. The molecule has 1 aromatic rings. The van der Waals surface area contributed by atoms with Crippen molar-refractivity contribution in [1.82, 2.24) is 0 Å². The molecule has 0 saturated carbocycles. The second-order valence-electron chi connectivity index (χ2n) is 8.36. The summed E-state index contributed by atoms with van der Waals surface area (Å²) in [4.78, 5) is 0. The molecule has 4 rings (SSSR count). The van der Waals surface area contributed by atoms with Crippen molar-refractivity contribution in [1.29, 1.82) is 0 Å². The highest BCUT2D eigenvalue weighted by atomic mass is 16.9. The van der Waals surface area contributed by atoms with Gasteiger partial charge in [0, 0.05) is 5.56 Å². The minimum absolute atomic E-state index is 0.285. The van der Waals surface area contributed by atoms with Crippen molar-refractivity contribution >= 4 is 0 Å². The Labute approximate surface area is 172 Å². The van der Waals surface area contributed by atoms with Crippen LogP contribution in [0.15, 0.2) is 43.0 Å². The van der Waals surface area contributed by atoms with E-state index in [9.17, 15) is 0 Å². The zero-order valence-corrected chi connectivity index (χ0v) is 17.3. The van der Waals surface area contributed by atoms with Crippen LogP contribution in [0.5, 0.6) is 0 Å². The minimum Gasteiger partial charge on any atom is -0.352 e. The molecule has 3 aliphatic heterocycles. The second-order valence-corrected chi connectivity index (χ2v) is 8.36. The van der Waals surface area contributed by atoms with Gasteiger partial charge in [-0.3, -0.25) is 0 Å². The van der Waals surface area contributed by atoms with Gasteiger partial charge in [-0.1, -0.05) is 36.1 Å². The van der Waals surface area contributed by atoms with Crippen molar-refractivity contribution in [2.75, 3.05) is 13.2 Å². The Morgan fingerprint density at radius 1 is 1.07 bits per heavy atom. The van der Waals surface area contributed by atoms with Gasteiger partial charge in [-0.2, -0.15) is 0 Å². The number of benzene rings is 1. The van der Waals surface area contributed by atoms with Crippen LogP contribution in [0.25, 0.3) is 0 Å². The Kier molecular flexibility index (Phi) is 5.32. The van der Waals surface area contributed by atoms with Crippen LogP contribution in [-0.2, 0) is 28.4 Å². The lowest BCUT2D eigenvalue weighted by Crippen LogP contribution is -2.55. The standard InChI is InChI=1S/C23H28O6/c1-6-14-24-23(13-12-16-10-8-7-9-11-16)18(17-15-25-21(2,3)27-17)26-20-19(23)28-22(4,5)29-20/h6-11,17-20H,1,14-15H2,2-5H3/t17-,18-,19+,20-,23-/m1/s1. The van der Waals surface area contributed by atoms with E-state index in [2.05, 4.69) is 18.4 Å². The number of hydrogen-bond acceptors (Lipinski definition) is 6. The maximum absolute atomic E-state index is 6.30. The summed E-state index contributed by atoms with van der Waals surface area (Å²) in [5.74, 6) is 5.05. The van der Waals surface area contributed by atoms with Gasteiger partial charge < -0.3 is 28.4 Å². The van der Waals surface area contributed by atoms with E-state index in [-0.39, 0.29) is 12.7 Å². The quantitative estimate of drug-likeness (QED) is 0.572. The third kappa shape index (κ3) is 3.99. The number of fused-ring (bicyclic) bond motifs is 1. The van der Waals surface area contributed by atoms with Crippen molar-refractivity contribution in [3.63, 3.8) is 0 Å². The first-order valence-electron chi connectivity index (χ1n) is 9.91. The maximum Gasteiger partial charge on any atom is 0.191 e. The molecule has 3 aliphatic rings. The van der Waals surface area contributed by atoms with Gasteiger partial charge in [-0.15, -0.1) is 6.58 Å². The average Bonchev–Trinajstić information content (AvgIpc) is 3.28. The Bertz CT molecular complexity index is 808. The van der Waals surface area contributed by atoms with Gasteiger partial charge in [0.2, 0.25) is 0 Å². The number of ether oxygens (including phenoxy) is 6. The molecule has 3 fully saturated rings. The summed E-state index contributed by atoms with van der Waals surface area (Å²) in [5, 5.41) is 0. The Morgan fingerprint density at radius 2 is 1.83 bits per heavy atom. The zero-order chi connectivity index (χ0) is 20.7. The van der Waals surface area contributed by atoms with E-state index in [4.69, 9.17) is 28.4 Å². The fourth-order valence-electron chi connectivity index (χ4n) is 3.99. The molecule has 0 spiro atoms. The highest BCUT2D eigenvalue weighted by Gasteiger charge is 2.67. The third-order valence-corrected chi connectivity index (χ3v) is 5.17. The minimum atomic E-state index is -1.10. The molecular formula is C23H28O6. The highest BCUT2D eigenvalue weighted by Crippen LogP contribution is 2.47. The van der Waals surface area contributed by atoms with Crippen molar-refractivity contribution in [3.05, 3.63) is 48.6 Å². The average molecular weight is 400 g/mol. The molecule has 0 bridgehead atoms. The first-order valence-corrected chi connectivity index (χ1v) is 9.91. The molecule has 0 unspecified atom stereocenters. The predicted molar refractivity (Wildman–Crippen MR) is 106 cm³/mol. The summed E-state index contributed by atoms with van der Waals surface area (Å²) >= 11 is 0. The van der Waals surface area contributed by atoms with Gasteiger partial charge in [0.25, 0.3) is 0 Å². The SMILES string of the molecule is C=CCO[C@]1(C#Cc2ccccc2)[C@@H]([C@H]2COC(C)(C)O2)O[C@@H]2OC(C)(C)O[C@@H]21. The van der Waals surface area contributed by atoms with Crippen molar-refractivity contribution in [3.8, 4) is 11.8 Å². The Balaban J connectivity index is 1.75. The van der Waals surface area contributed by atoms with Crippen LogP contribution in [0.1, 0.15) is 33.3 Å². The topological polar surface area (TPSA) is 55.4 Å². The van der Waals surface area contributed by atoms with Gasteiger partial charge in [0.05, 0.1) is 13.2 Å². The van der Waals surface area contributed by atoms with Crippen molar-refractivity contribution in [2.45, 2.75) is 69.5 Å². The Morgan fingerprint density at radius 3 is 2.48 bits per heavy atom. The van der Waals surface area contributed by atoms with Gasteiger partial charge in [0.1, 0.15) is 12.2 Å². The lowest BCUT2D eigenvalue weighted by molar-refractivity contribution is -0.244. The lowest BCUT2D eigenvalue weighted by Gasteiger charge is -2.36. The largest absolute Gasteiger partial charge is 0.352 e. The third-order valence-electron chi connectivity index (χ3n) is 5.17. The summed E-state index contributed by atoms with van der Waals surface area (Å²) in [6.07, 6.45) is -0.386. The fraction of sp³-hybridized carbons (Fsp3) is 0.565. The van der Waals surface area contributed by atoms with E-state index in [0.717, 1.165) is 5.56 Å². The van der Waals surface area contributed by atoms with Crippen LogP contribution in [0.2, 0.25) is 0 Å². The molecule has 6 nitrogen and oxygen atoms in total. The summed E-state index contributed by atoms with van der Waals surface area (Å²) in [5.41, 5.74) is -0.227. The van der Waals surface area contributed by atoms with Crippen LogP contribution in [0, 0.1) is 11.8 Å². The molecule has 0 N–H and O–H groups in total. The molecular weight excluding hydrogens is 372 g/mol. The van der Waals surface area contributed by atoms with Crippen molar-refractivity contribution in [2.24, 2.45) is 0 Å². The summed E-state index contributed by atoms with van der Waals surface area (Å²) in [6, 6.07) is 9.74. The predicted octanol–water partition coefficient (Wildman–Crippen LogP) is 3.01. The van der Waals surface area contributed by atoms with Gasteiger partial charge in [-0.05, 0) is 39.8 Å². The van der Waals surface area contributed by atoms with E-state index >= 15 is 0 Å². The molecule has 29 heavy (non-hydrogen) atoms. The summed E-state index contributed by atoms with van der Waals surface area (Å²) in [7, 11) is 0. The molecule has 0 amide bonds. The molecule has 0 aliphatic carbocycles. The lowest BCUT2D eigenvalue weighted by atomic mass is 9.89. The fourth-order valence-corrected chi connectivity index (χ4v) is 3.99. The van der Waals surface area contributed by atoms with Crippen molar-refractivity contribution < 1.29 is 28.4 Å². The molecule has 0 radical (unpaired) electrons. The van der Waals surface area contributed by atoms with Gasteiger partial charge in [0.15, 0.2) is 29.6 Å².